The molecule has 1 N–H and O–H groups in total. The number of esters is 1. The first-order valence-electron chi connectivity index (χ1n) is 9.02. The van der Waals surface area contributed by atoms with Gasteiger partial charge in [0.25, 0.3) is 5.91 Å². The minimum absolute atomic E-state index is 0.100. The number of carbonyl (C=O) groups excluding carboxylic acids is 2. The summed E-state index contributed by atoms with van der Waals surface area (Å²) >= 11 is 0. The van der Waals surface area contributed by atoms with Crippen LogP contribution in [0.5, 0.6) is 0 Å². The predicted octanol–water partition coefficient (Wildman–Crippen LogP) is 2.33. The molecule has 1 aliphatic rings. The fourth-order valence-electron chi connectivity index (χ4n) is 3.22. The van der Waals surface area contributed by atoms with E-state index in [0.29, 0.717) is 11.8 Å². The molecule has 26 heavy (non-hydrogen) atoms. The third kappa shape index (κ3) is 5.83. The Balaban J connectivity index is 1.74. The molecular weight excluding hydrogens is 354 g/mol. The zero-order valence-corrected chi connectivity index (χ0v) is 16.1. The Hall–Kier alpha value is -1.89. The number of rotatable bonds is 7. The third-order valence-corrected chi connectivity index (χ3v) is 6.83. The van der Waals surface area contributed by atoms with Crippen molar-refractivity contribution in [2.24, 2.45) is 11.8 Å². The van der Waals surface area contributed by atoms with Crippen LogP contribution in [0.4, 0.5) is 0 Å². The minimum Gasteiger partial charge on any atom is -0.456 e. The molecular formula is C19H27NO5S. The molecule has 7 heteroatoms. The normalized spacial score (nSPS) is 23.2. The summed E-state index contributed by atoms with van der Waals surface area (Å²) in [6, 6.07) is 8.05. The summed E-state index contributed by atoms with van der Waals surface area (Å²) in [7, 11) is -3.53. The summed E-state index contributed by atoms with van der Waals surface area (Å²) in [4.78, 5) is 23.9. The fraction of sp³-hybridized carbons (Fsp3) is 0.579. The lowest BCUT2D eigenvalue weighted by molar-refractivity contribution is -0.148. The molecule has 1 aliphatic carbocycles. The Bertz CT molecular complexity index is 717. The second-order valence-electron chi connectivity index (χ2n) is 6.98. The van der Waals surface area contributed by atoms with Crippen molar-refractivity contribution < 1.29 is 22.7 Å². The quantitative estimate of drug-likeness (QED) is 0.732. The molecule has 0 spiro atoms. The van der Waals surface area contributed by atoms with E-state index < -0.39 is 15.8 Å². The van der Waals surface area contributed by atoms with E-state index in [2.05, 4.69) is 19.2 Å². The summed E-state index contributed by atoms with van der Waals surface area (Å²) in [6.45, 7) is 3.92. The van der Waals surface area contributed by atoms with E-state index in [-0.39, 0.29) is 35.6 Å². The average molecular weight is 381 g/mol. The van der Waals surface area contributed by atoms with Crippen LogP contribution < -0.4 is 5.32 Å². The highest BCUT2D eigenvalue weighted by Gasteiger charge is 2.28. The molecule has 1 amide bonds. The van der Waals surface area contributed by atoms with Crippen molar-refractivity contribution in [2.75, 3.05) is 12.4 Å². The first-order valence-corrected chi connectivity index (χ1v) is 10.7. The van der Waals surface area contributed by atoms with E-state index in [0.717, 1.165) is 12.8 Å². The van der Waals surface area contributed by atoms with Gasteiger partial charge in [0.2, 0.25) is 0 Å². The molecule has 1 fully saturated rings. The van der Waals surface area contributed by atoms with Crippen molar-refractivity contribution in [1.82, 2.24) is 5.32 Å². The van der Waals surface area contributed by atoms with Crippen molar-refractivity contribution in [1.29, 1.82) is 0 Å². The fourth-order valence-corrected chi connectivity index (χ4v) is 4.46. The molecule has 0 radical (unpaired) electrons. The SMILES string of the molecule is C[C@H]1[C@H](C)CCC[C@H]1NC(=O)COC(=O)CCS(=O)(=O)c1ccccc1. The molecule has 0 saturated heterocycles. The standard InChI is InChI=1S/C19H27NO5S/c1-14-7-6-10-17(15(14)2)20-18(21)13-25-19(22)11-12-26(23,24)16-8-4-3-5-9-16/h3-5,8-9,14-15,17H,6-7,10-13H2,1-2H3,(H,20,21)/t14-,15+,17-/m1/s1. The van der Waals surface area contributed by atoms with Crippen molar-refractivity contribution >= 4 is 21.7 Å². The second-order valence-corrected chi connectivity index (χ2v) is 9.09. The maximum Gasteiger partial charge on any atom is 0.307 e. The Kier molecular flexibility index (Phi) is 7.20. The second kappa shape index (κ2) is 9.16. The van der Waals surface area contributed by atoms with Gasteiger partial charge in [0.15, 0.2) is 16.4 Å². The Morgan fingerprint density at radius 3 is 2.54 bits per heavy atom. The van der Waals surface area contributed by atoms with Gasteiger partial charge in [0.1, 0.15) is 0 Å². The van der Waals surface area contributed by atoms with Gasteiger partial charge in [-0.2, -0.15) is 0 Å². The summed E-state index contributed by atoms with van der Waals surface area (Å²) in [5.41, 5.74) is 0. The van der Waals surface area contributed by atoms with Crippen molar-refractivity contribution in [3.8, 4) is 0 Å². The number of ether oxygens (including phenoxy) is 1. The van der Waals surface area contributed by atoms with Gasteiger partial charge in [-0.1, -0.05) is 44.9 Å². The van der Waals surface area contributed by atoms with Gasteiger partial charge in [-0.05, 0) is 30.4 Å². The van der Waals surface area contributed by atoms with Crippen molar-refractivity contribution in [2.45, 2.75) is 50.5 Å². The highest BCUT2D eigenvalue weighted by Crippen LogP contribution is 2.29. The number of carbonyl (C=O) groups is 2. The van der Waals surface area contributed by atoms with Gasteiger partial charge in [0, 0.05) is 6.04 Å². The van der Waals surface area contributed by atoms with E-state index >= 15 is 0 Å². The number of benzene rings is 1. The zero-order valence-electron chi connectivity index (χ0n) is 15.3. The first-order chi connectivity index (χ1) is 12.3. The molecule has 0 bridgehead atoms. The van der Waals surface area contributed by atoms with Crippen LogP contribution in [-0.2, 0) is 24.2 Å². The summed E-state index contributed by atoms with van der Waals surface area (Å²) in [6.07, 6.45) is 2.90. The van der Waals surface area contributed by atoms with Crippen LogP contribution in [0.15, 0.2) is 35.2 Å². The third-order valence-electron chi connectivity index (χ3n) is 5.09. The van der Waals surface area contributed by atoms with E-state index in [4.69, 9.17) is 4.74 Å². The van der Waals surface area contributed by atoms with Crippen LogP contribution in [0.1, 0.15) is 39.5 Å². The van der Waals surface area contributed by atoms with E-state index in [1.807, 2.05) is 0 Å². The highest BCUT2D eigenvalue weighted by atomic mass is 32.2. The molecule has 3 atom stereocenters. The van der Waals surface area contributed by atoms with Gasteiger partial charge >= 0.3 is 5.97 Å². The smallest absolute Gasteiger partial charge is 0.307 e. The molecule has 0 aromatic heterocycles. The molecule has 6 nitrogen and oxygen atoms in total. The topological polar surface area (TPSA) is 89.5 Å². The van der Waals surface area contributed by atoms with Gasteiger partial charge in [-0.25, -0.2) is 8.42 Å². The van der Waals surface area contributed by atoms with Gasteiger partial charge in [-0.3, -0.25) is 9.59 Å². The number of amides is 1. The highest BCUT2D eigenvalue weighted by molar-refractivity contribution is 7.91. The molecule has 0 heterocycles. The molecule has 1 aromatic carbocycles. The van der Waals surface area contributed by atoms with Crippen LogP contribution in [0.3, 0.4) is 0 Å². The molecule has 0 unspecified atom stereocenters. The Labute approximate surface area is 155 Å². The molecule has 0 aliphatic heterocycles. The summed E-state index contributed by atoms with van der Waals surface area (Å²) in [5.74, 6) is -0.423. The van der Waals surface area contributed by atoms with Crippen LogP contribution in [0.25, 0.3) is 0 Å². The van der Waals surface area contributed by atoms with Gasteiger partial charge in [-0.15, -0.1) is 0 Å². The number of hydrogen-bond acceptors (Lipinski definition) is 5. The summed E-state index contributed by atoms with van der Waals surface area (Å²) < 4.78 is 29.2. The Morgan fingerprint density at radius 2 is 1.85 bits per heavy atom. The largest absolute Gasteiger partial charge is 0.456 e. The monoisotopic (exact) mass is 381 g/mol. The lowest BCUT2D eigenvalue weighted by atomic mass is 9.78. The van der Waals surface area contributed by atoms with E-state index in [9.17, 15) is 18.0 Å². The van der Waals surface area contributed by atoms with Crippen molar-refractivity contribution in [3.05, 3.63) is 30.3 Å². The summed E-state index contributed by atoms with van der Waals surface area (Å²) in [5, 5.41) is 2.92. The number of hydrogen-bond donors (Lipinski definition) is 1. The van der Waals surface area contributed by atoms with Gasteiger partial charge in [0.05, 0.1) is 17.1 Å². The Morgan fingerprint density at radius 1 is 1.15 bits per heavy atom. The molecule has 144 valence electrons. The first kappa shape index (κ1) is 20.4. The number of sulfone groups is 1. The van der Waals surface area contributed by atoms with Crippen LogP contribution >= 0.6 is 0 Å². The lowest BCUT2D eigenvalue weighted by Crippen LogP contribution is -2.45. The molecule has 1 saturated carbocycles. The molecule has 1 aromatic rings. The maximum atomic E-state index is 12.1. The number of nitrogens with one attached hydrogen (secondary N) is 1. The van der Waals surface area contributed by atoms with E-state index in [1.54, 1.807) is 18.2 Å². The van der Waals surface area contributed by atoms with E-state index in [1.165, 1.54) is 18.6 Å². The van der Waals surface area contributed by atoms with Gasteiger partial charge < -0.3 is 10.1 Å². The minimum atomic E-state index is -3.53. The van der Waals surface area contributed by atoms with Crippen molar-refractivity contribution in [3.63, 3.8) is 0 Å². The predicted molar refractivity (Wildman–Crippen MR) is 98.2 cm³/mol. The van der Waals surface area contributed by atoms with Crippen LogP contribution in [0.2, 0.25) is 0 Å². The lowest BCUT2D eigenvalue weighted by Gasteiger charge is -2.34. The van der Waals surface area contributed by atoms with Crippen LogP contribution in [0, 0.1) is 11.8 Å². The maximum absolute atomic E-state index is 12.1. The zero-order chi connectivity index (χ0) is 19.2. The average Bonchev–Trinajstić information content (AvgIpc) is 2.63. The van der Waals surface area contributed by atoms with Crippen LogP contribution in [-0.4, -0.2) is 38.7 Å². The molecule has 2 rings (SSSR count).